The minimum absolute atomic E-state index is 0. The zero-order valence-electron chi connectivity index (χ0n) is 52.3. The van der Waals surface area contributed by atoms with Gasteiger partial charge < -0.3 is 102 Å². The molecule has 0 aromatic carbocycles. The van der Waals surface area contributed by atoms with Crippen molar-refractivity contribution in [2.24, 2.45) is 46.4 Å². The van der Waals surface area contributed by atoms with E-state index in [2.05, 4.69) is 72.3 Å². The largest absolute Gasteiger partial charge is 1.00 e. The first-order valence-electron chi connectivity index (χ1n) is 29.2. The number of unbranched alkanes of at least 4 members (excludes halogenated alkanes) is 1. The molecule has 1 heterocycles. The number of rotatable bonds is 28. The van der Waals surface area contributed by atoms with E-state index in [0.29, 0.717) is 18.6 Å². The minimum atomic E-state index is -3.92. The van der Waals surface area contributed by atoms with Gasteiger partial charge in [-0.3, -0.25) is 52.7 Å². The fraction of sp³-hybridized carbons (Fsp3) is 0.792. The van der Waals surface area contributed by atoms with Crippen molar-refractivity contribution in [3.63, 3.8) is 0 Å². The van der Waals surface area contributed by atoms with Gasteiger partial charge in [0.1, 0.15) is 60.4 Å². The van der Waals surface area contributed by atoms with Crippen molar-refractivity contribution in [3.05, 3.63) is 0 Å². The maximum absolute atomic E-state index is 14.4. The first-order chi connectivity index (χ1) is 40.1. The van der Waals surface area contributed by atoms with Gasteiger partial charge >= 0.3 is 29.6 Å². The second-order valence-corrected chi connectivity index (χ2v) is 24.0. The van der Waals surface area contributed by atoms with Crippen molar-refractivity contribution >= 4 is 75.1 Å². The van der Waals surface area contributed by atoms with E-state index in [4.69, 9.17) is 41.6 Å². The van der Waals surface area contributed by atoms with E-state index in [1.807, 2.05) is 0 Å². The fourth-order valence-electron chi connectivity index (χ4n) is 8.62. The Labute approximate surface area is 533 Å². The third-order valence-electron chi connectivity index (χ3n) is 13.1. The fourth-order valence-corrected chi connectivity index (χ4v) is 8.62. The molecule has 0 aromatic rings. The molecule has 12 atom stereocenters. The predicted molar refractivity (Wildman–Crippen MR) is 316 cm³/mol. The molecule has 87 heavy (non-hydrogen) atoms. The molecule has 0 spiro atoms. The van der Waals surface area contributed by atoms with Crippen LogP contribution in [0.15, 0.2) is 0 Å². The molecular formula is C53H101N16NaO16S. The van der Waals surface area contributed by atoms with Gasteiger partial charge in [0.05, 0.1) is 22.3 Å². The van der Waals surface area contributed by atoms with E-state index in [0.717, 1.165) is 12.8 Å². The Morgan fingerprint density at radius 3 is 1.33 bits per heavy atom. The average Bonchev–Trinajstić information content (AvgIpc) is 2.33. The Morgan fingerprint density at radius 2 is 0.943 bits per heavy atom. The maximum Gasteiger partial charge on any atom is 1.00 e. The SMILES string of the molecule is CC(C)CCCCC(=O)N[C@@H](CCN)C(=O)N[C@H](C(=O)N[C@@H](CCN)C(=O)N[C@H]1CCNC(=O)[C@H]([C@@H](C)O)NC(=O)[C@H](CCN)NC(=O)[C@H](CCN)NC(=O)[C@@H](CC(C)C)NC(=O)[C@H](CC(C)C)NC(=O)[C@H](CCN)NC1=O)[C@@H](C)O.CS(=O)(=O)[O-].[Na+]. The van der Waals surface area contributed by atoms with Crippen LogP contribution in [0.5, 0.6) is 0 Å². The standard InChI is InChI=1S/C52H98N16O13.CH4O3S.Na/c1-27(2)11-9-10-12-40(71)59-32(13-19-53)47(76)68-42(31(8)70)52(81)64-35(16-22-56)44(73)63-37-18-24-58-51(80)41(30(7)69)67-48(77)36(17-23-57)61-43(72)33(14-20-54)62-49(78)38(25-28(3)4)66-50(79)39(26-29(5)6)65-45(74)34(15-21-55)60-46(37)75;1-5(2,3)4;/h27-39,41-42,69-70H,9-26,53-57H2,1-8H3,(H,58,80)(H,59,71)(H,60,75)(H,61,72)(H,62,78)(H,63,73)(H,64,81)(H,65,74)(H,66,79)(H,67,77)(H,68,76);1H3,(H,2,3,4);/q;;+1/p-1/t30-,31-,32+,33+,34+,35+,36+,37+,38-,39+,41+,42+;;/m1../s1. The summed E-state index contributed by atoms with van der Waals surface area (Å²) in [4.78, 5) is 152. The molecule has 0 aliphatic carbocycles. The molecule has 1 aliphatic rings. The molecule has 32 nitrogen and oxygen atoms in total. The molecule has 23 N–H and O–H groups in total. The van der Waals surface area contributed by atoms with Crippen LogP contribution >= 0.6 is 0 Å². The van der Waals surface area contributed by atoms with Gasteiger partial charge in [-0.2, -0.15) is 0 Å². The smallest absolute Gasteiger partial charge is 0.748 e. The van der Waals surface area contributed by atoms with Crippen LogP contribution in [0.2, 0.25) is 0 Å². The second kappa shape index (κ2) is 44.3. The van der Waals surface area contributed by atoms with Crippen LogP contribution in [0.3, 0.4) is 0 Å². The Hall–Kier alpha value is -5.20. The van der Waals surface area contributed by atoms with Crippen LogP contribution in [-0.4, -0.2) is 206 Å². The summed E-state index contributed by atoms with van der Waals surface area (Å²) in [5.41, 5.74) is 29.2. The Morgan fingerprint density at radius 1 is 0.540 bits per heavy atom. The summed E-state index contributed by atoms with van der Waals surface area (Å²) in [5, 5.41) is 49.5. The third-order valence-corrected chi connectivity index (χ3v) is 13.1. The summed E-state index contributed by atoms with van der Waals surface area (Å²) in [5.74, 6) is -9.55. The molecule has 0 unspecified atom stereocenters. The Bertz CT molecular complexity index is 2300. The Kier molecular flexibility index (Phi) is 42.7. The van der Waals surface area contributed by atoms with E-state index >= 15 is 0 Å². The summed E-state index contributed by atoms with van der Waals surface area (Å²) in [6, 6.07) is -14.5. The number of nitrogens with two attached hydrogens (primary N) is 5. The average molecular weight is 1270 g/mol. The van der Waals surface area contributed by atoms with Crippen LogP contribution in [0.25, 0.3) is 0 Å². The van der Waals surface area contributed by atoms with Crippen LogP contribution in [-0.2, 0) is 62.9 Å². The summed E-state index contributed by atoms with van der Waals surface area (Å²) >= 11 is 0. The predicted octanol–water partition coefficient (Wildman–Crippen LogP) is -9.67. The van der Waals surface area contributed by atoms with Crippen molar-refractivity contribution in [3.8, 4) is 0 Å². The molecule has 34 heteroatoms. The molecule has 1 saturated heterocycles. The normalized spacial score (nSPS) is 22.3. The number of hydrogen-bond acceptors (Lipinski definition) is 21. The number of aliphatic hydroxyl groups is 2. The molecule has 496 valence electrons. The van der Waals surface area contributed by atoms with E-state index in [9.17, 15) is 63.0 Å². The minimum Gasteiger partial charge on any atom is -0.748 e. The molecule has 0 saturated carbocycles. The topological polar surface area (TPSA) is 548 Å². The molecule has 0 bridgehead atoms. The molecule has 1 rings (SSSR count). The van der Waals surface area contributed by atoms with Crippen molar-refractivity contribution in [2.75, 3.05) is 45.5 Å². The van der Waals surface area contributed by atoms with Gasteiger partial charge in [-0.15, -0.1) is 0 Å². The summed E-state index contributed by atoms with van der Waals surface area (Å²) in [7, 11) is -3.92. The monoisotopic (exact) mass is 1270 g/mol. The number of carbonyl (C=O) groups excluding carboxylic acids is 11. The van der Waals surface area contributed by atoms with Crippen LogP contribution in [0.4, 0.5) is 0 Å². The molecular weight excluding hydrogens is 1170 g/mol. The van der Waals surface area contributed by atoms with E-state index in [1.165, 1.54) is 13.8 Å². The van der Waals surface area contributed by atoms with Gasteiger partial charge in [0.25, 0.3) is 0 Å². The van der Waals surface area contributed by atoms with Gasteiger partial charge in [0.15, 0.2) is 0 Å². The van der Waals surface area contributed by atoms with E-state index in [-0.39, 0.29) is 125 Å². The molecule has 11 amide bonds. The number of nitrogens with one attached hydrogen (secondary N) is 11. The zero-order chi connectivity index (χ0) is 66.0. The van der Waals surface area contributed by atoms with E-state index < -0.39 is 161 Å². The Balaban J connectivity index is 0. The summed E-state index contributed by atoms with van der Waals surface area (Å²) in [6.07, 6.45) is -1.20. The zero-order valence-corrected chi connectivity index (χ0v) is 55.1. The number of carbonyl (C=O) groups is 11. The van der Waals surface area contributed by atoms with E-state index in [1.54, 1.807) is 27.7 Å². The molecule has 0 aromatic heterocycles. The maximum atomic E-state index is 14.4. The van der Waals surface area contributed by atoms with Gasteiger partial charge in [0.2, 0.25) is 65.0 Å². The number of amides is 11. The number of hydrogen-bond donors (Lipinski definition) is 18. The van der Waals surface area contributed by atoms with Crippen molar-refractivity contribution in [2.45, 2.75) is 205 Å². The van der Waals surface area contributed by atoms with Crippen LogP contribution in [0.1, 0.15) is 132 Å². The van der Waals surface area contributed by atoms with Crippen molar-refractivity contribution < 1.29 is 105 Å². The van der Waals surface area contributed by atoms with Crippen molar-refractivity contribution in [1.82, 2.24) is 58.5 Å². The quantitative estimate of drug-likeness (QED) is 0.0196. The van der Waals surface area contributed by atoms with Gasteiger partial charge in [-0.05, 0) is 122 Å². The summed E-state index contributed by atoms with van der Waals surface area (Å²) < 4.78 is 27.2. The van der Waals surface area contributed by atoms with Gasteiger partial charge in [-0.1, -0.05) is 54.4 Å². The van der Waals surface area contributed by atoms with Crippen LogP contribution in [0, 0.1) is 17.8 Å². The summed E-state index contributed by atoms with van der Waals surface area (Å²) in [6.45, 7) is 12.6. The van der Waals surface area contributed by atoms with Gasteiger partial charge in [0, 0.05) is 19.2 Å². The molecule has 1 aliphatic heterocycles. The first-order valence-corrected chi connectivity index (χ1v) is 31.0. The second-order valence-electron chi connectivity index (χ2n) is 22.6. The molecule has 1 fully saturated rings. The third kappa shape index (κ3) is 35.5. The number of aliphatic hydroxyl groups excluding tert-OH is 2. The molecule has 0 radical (unpaired) electrons. The van der Waals surface area contributed by atoms with Gasteiger partial charge in [-0.25, -0.2) is 8.42 Å². The van der Waals surface area contributed by atoms with Crippen LogP contribution < -0.4 is 117 Å². The first kappa shape index (κ1) is 83.9. The van der Waals surface area contributed by atoms with Crippen molar-refractivity contribution in [1.29, 1.82) is 0 Å².